The number of amides is 1. The highest BCUT2D eigenvalue weighted by Crippen LogP contribution is 2.28. The summed E-state index contributed by atoms with van der Waals surface area (Å²) < 4.78 is 30.2. The molecule has 0 spiro atoms. The maximum Gasteiger partial charge on any atom is 0.337 e. The van der Waals surface area contributed by atoms with Crippen LogP contribution in [0.4, 0.5) is 11.4 Å². The number of carbonyl (C=O) groups is 2. The smallest absolute Gasteiger partial charge is 0.337 e. The van der Waals surface area contributed by atoms with Gasteiger partial charge in [-0.25, -0.2) is 13.2 Å². The fraction of sp³-hybridized carbons (Fsp3) is 0.263. The second kappa shape index (κ2) is 7.40. The Balaban J connectivity index is 1.85. The Morgan fingerprint density at radius 1 is 1.11 bits per heavy atom. The van der Waals surface area contributed by atoms with E-state index in [9.17, 15) is 18.0 Å². The highest BCUT2D eigenvalue weighted by atomic mass is 32.2. The first-order valence-corrected chi connectivity index (χ1v) is 10.2. The van der Waals surface area contributed by atoms with Crippen LogP contribution in [-0.2, 0) is 26.0 Å². The first kappa shape index (κ1) is 18.9. The van der Waals surface area contributed by atoms with Gasteiger partial charge in [-0.2, -0.15) is 0 Å². The normalized spacial score (nSPS) is 13.2. The van der Waals surface area contributed by atoms with E-state index in [0.29, 0.717) is 17.8 Å². The van der Waals surface area contributed by atoms with Gasteiger partial charge in [0.15, 0.2) is 0 Å². The van der Waals surface area contributed by atoms with Crippen LogP contribution in [0.1, 0.15) is 15.9 Å². The van der Waals surface area contributed by atoms with E-state index >= 15 is 0 Å². The van der Waals surface area contributed by atoms with Crippen molar-refractivity contribution in [2.45, 2.75) is 6.42 Å². The lowest BCUT2D eigenvalue weighted by Crippen LogP contribution is -2.42. The summed E-state index contributed by atoms with van der Waals surface area (Å²) in [5, 5.41) is 0. The van der Waals surface area contributed by atoms with Crippen molar-refractivity contribution >= 4 is 33.3 Å². The Hall–Kier alpha value is -2.87. The fourth-order valence-corrected chi connectivity index (χ4v) is 3.94. The van der Waals surface area contributed by atoms with E-state index in [1.54, 1.807) is 4.90 Å². The number of carbonyl (C=O) groups excluding carboxylic acids is 2. The summed E-state index contributed by atoms with van der Waals surface area (Å²) in [5.41, 5.74) is 2.50. The molecule has 1 heterocycles. The lowest BCUT2D eigenvalue weighted by molar-refractivity contribution is -0.117. The van der Waals surface area contributed by atoms with Crippen LogP contribution in [0.25, 0.3) is 0 Å². The van der Waals surface area contributed by atoms with Crippen LogP contribution < -0.4 is 9.21 Å². The number of fused-ring (bicyclic) bond motifs is 1. The predicted molar refractivity (Wildman–Crippen MR) is 102 cm³/mol. The predicted octanol–water partition coefficient (Wildman–Crippen LogP) is 1.83. The topological polar surface area (TPSA) is 84.0 Å². The van der Waals surface area contributed by atoms with Gasteiger partial charge in [-0.05, 0) is 42.3 Å². The van der Waals surface area contributed by atoms with Gasteiger partial charge >= 0.3 is 5.97 Å². The summed E-state index contributed by atoms with van der Waals surface area (Å²) >= 11 is 0. The molecule has 1 aliphatic heterocycles. The number of benzene rings is 2. The van der Waals surface area contributed by atoms with Crippen LogP contribution in [0, 0.1) is 0 Å². The zero-order valence-corrected chi connectivity index (χ0v) is 15.9. The zero-order chi connectivity index (χ0) is 19.6. The van der Waals surface area contributed by atoms with Crippen molar-refractivity contribution in [3.05, 3.63) is 59.7 Å². The van der Waals surface area contributed by atoms with E-state index in [-0.39, 0.29) is 12.5 Å². The lowest BCUT2D eigenvalue weighted by Gasteiger charge is -2.25. The fourth-order valence-electron chi connectivity index (χ4n) is 3.09. The molecule has 0 N–H and O–H groups in total. The number of para-hydroxylation sites is 1. The third-order valence-corrected chi connectivity index (χ3v) is 5.58. The van der Waals surface area contributed by atoms with Crippen LogP contribution in [0.15, 0.2) is 48.5 Å². The number of sulfonamides is 1. The second-order valence-electron chi connectivity index (χ2n) is 6.23. The summed E-state index contributed by atoms with van der Waals surface area (Å²) in [6.07, 6.45) is 1.79. The van der Waals surface area contributed by atoms with Crippen molar-refractivity contribution in [2.75, 3.05) is 35.7 Å². The molecule has 3 rings (SSSR count). The minimum absolute atomic E-state index is 0.300. The second-order valence-corrected chi connectivity index (χ2v) is 8.14. The Kier molecular flexibility index (Phi) is 5.18. The molecule has 0 aromatic heterocycles. The standard InChI is InChI=1S/C19H20N2O5S/c1-26-19(23)15-7-9-16(10-8-15)21(27(2,24)25)13-18(22)20-12-11-14-5-3-4-6-17(14)20/h3-10H,11-13H2,1-2H3. The van der Waals surface area contributed by atoms with Gasteiger partial charge in [-0.3, -0.25) is 9.10 Å². The third kappa shape index (κ3) is 3.95. The molecular weight excluding hydrogens is 368 g/mol. The Morgan fingerprint density at radius 2 is 1.78 bits per heavy atom. The van der Waals surface area contributed by atoms with E-state index in [1.165, 1.54) is 31.4 Å². The molecule has 0 unspecified atom stereocenters. The average Bonchev–Trinajstić information content (AvgIpc) is 3.09. The third-order valence-electron chi connectivity index (χ3n) is 4.44. The number of nitrogens with zero attached hydrogens (tertiary/aromatic N) is 2. The van der Waals surface area contributed by atoms with Gasteiger partial charge in [0, 0.05) is 12.2 Å². The minimum Gasteiger partial charge on any atom is -0.465 e. The van der Waals surface area contributed by atoms with Gasteiger partial charge in [0.1, 0.15) is 6.54 Å². The highest BCUT2D eigenvalue weighted by Gasteiger charge is 2.28. The maximum atomic E-state index is 12.8. The lowest BCUT2D eigenvalue weighted by atomic mass is 10.2. The number of hydrogen-bond donors (Lipinski definition) is 0. The molecule has 27 heavy (non-hydrogen) atoms. The van der Waals surface area contributed by atoms with Crippen LogP contribution in [0.5, 0.6) is 0 Å². The molecule has 2 aromatic rings. The van der Waals surface area contributed by atoms with Crippen LogP contribution in [-0.4, -0.2) is 46.7 Å². The van der Waals surface area contributed by atoms with E-state index < -0.39 is 16.0 Å². The SMILES string of the molecule is COC(=O)c1ccc(N(CC(=O)N2CCc3ccccc32)S(C)(=O)=O)cc1. The molecule has 1 amide bonds. The first-order valence-electron chi connectivity index (χ1n) is 8.35. The molecule has 0 saturated carbocycles. The van der Waals surface area contributed by atoms with E-state index in [1.807, 2.05) is 24.3 Å². The Bertz CT molecular complexity index is 970. The van der Waals surface area contributed by atoms with E-state index in [2.05, 4.69) is 4.74 Å². The number of ether oxygens (including phenoxy) is 1. The largest absolute Gasteiger partial charge is 0.465 e. The number of hydrogen-bond acceptors (Lipinski definition) is 5. The maximum absolute atomic E-state index is 12.8. The summed E-state index contributed by atoms with van der Waals surface area (Å²) in [6, 6.07) is 13.5. The molecule has 142 valence electrons. The van der Waals surface area contributed by atoms with Crippen LogP contribution in [0.3, 0.4) is 0 Å². The molecule has 8 heteroatoms. The van der Waals surface area contributed by atoms with Gasteiger partial charge in [0.2, 0.25) is 15.9 Å². The molecule has 0 aliphatic carbocycles. The van der Waals surface area contributed by atoms with Crippen molar-refractivity contribution in [2.24, 2.45) is 0 Å². The molecule has 1 aliphatic rings. The van der Waals surface area contributed by atoms with Crippen molar-refractivity contribution in [1.29, 1.82) is 0 Å². The molecule has 7 nitrogen and oxygen atoms in total. The average molecular weight is 388 g/mol. The van der Waals surface area contributed by atoms with Crippen LogP contribution in [0.2, 0.25) is 0 Å². The Morgan fingerprint density at radius 3 is 2.41 bits per heavy atom. The van der Waals surface area contributed by atoms with Gasteiger partial charge in [-0.15, -0.1) is 0 Å². The molecular formula is C19H20N2O5S. The number of esters is 1. The Labute approximate surface area is 158 Å². The molecule has 0 fully saturated rings. The number of rotatable bonds is 5. The molecule has 0 atom stereocenters. The molecule has 0 bridgehead atoms. The summed E-state index contributed by atoms with van der Waals surface area (Å²) in [6.45, 7) is 0.210. The first-order chi connectivity index (χ1) is 12.8. The number of anilines is 2. The quantitative estimate of drug-likeness (QED) is 0.730. The van der Waals surface area contributed by atoms with Crippen molar-refractivity contribution in [1.82, 2.24) is 0 Å². The van der Waals surface area contributed by atoms with Gasteiger partial charge in [-0.1, -0.05) is 18.2 Å². The molecule has 0 radical (unpaired) electrons. The van der Waals surface area contributed by atoms with Gasteiger partial charge in [0.25, 0.3) is 0 Å². The van der Waals surface area contributed by atoms with Crippen LogP contribution >= 0.6 is 0 Å². The zero-order valence-electron chi connectivity index (χ0n) is 15.1. The van der Waals surface area contributed by atoms with Crippen molar-refractivity contribution < 1.29 is 22.7 Å². The van der Waals surface area contributed by atoms with E-state index in [4.69, 9.17) is 0 Å². The van der Waals surface area contributed by atoms with Crippen molar-refractivity contribution in [3.63, 3.8) is 0 Å². The highest BCUT2D eigenvalue weighted by molar-refractivity contribution is 7.92. The van der Waals surface area contributed by atoms with Crippen molar-refractivity contribution in [3.8, 4) is 0 Å². The monoisotopic (exact) mass is 388 g/mol. The minimum atomic E-state index is -3.69. The summed E-state index contributed by atoms with van der Waals surface area (Å²) in [5.74, 6) is -0.820. The summed E-state index contributed by atoms with van der Waals surface area (Å²) in [4.78, 5) is 26.0. The van der Waals surface area contributed by atoms with Gasteiger partial charge in [0.05, 0.1) is 24.6 Å². The number of methoxy groups -OCH3 is 1. The molecule has 2 aromatic carbocycles. The van der Waals surface area contributed by atoms with Gasteiger partial charge < -0.3 is 9.64 Å². The van der Waals surface area contributed by atoms with E-state index in [0.717, 1.165) is 28.2 Å². The molecule has 0 saturated heterocycles. The summed E-state index contributed by atoms with van der Waals surface area (Å²) in [7, 11) is -2.42.